The second-order valence-corrected chi connectivity index (χ2v) is 7.55. The first-order chi connectivity index (χ1) is 12.1. The average molecular weight is 339 g/mol. The van der Waals surface area contributed by atoms with E-state index < -0.39 is 0 Å². The number of benzene rings is 1. The van der Waals surface area contributed by atoms with E-state index in [-0.39, 0.29) is 24.2 Å². The Kier molecular flexibility index (Phi) is 4.34. The highest BCUT2D eigenvalue weighted by atomic mass is 16.2. The lowest BCUT2D eigenvalue weighted by molar-refractivity contribution is -0.121. The molecule has 1 saturated heterocycles. The predicted molar refractivity (Wildman–Crippen MR) is 97.6 cm³/mol. The van der Waals surface area contributed by atoms with E-state index in [1.807, 2.05) is 35.0 Å². The minimum Gasteiger partial charge on any atom is -0.354 e. The SMILES string of the molecule is CN1CC[C@@H](CNC(=O)Cn2cc(C(=O)C3CC3)c3ccccc32)C1. The monoisotopic (exact) mass is 339 g/mol. The summed E-state index contributed by atoms with van der Waals surface area (Å²) < 4.78 is 1.92. The molecule has 1 saturated carbocycles. The lowest BCUT2D eigenvalue weighted by Crippen LogP contribution is -2.32. The molecule has 2 heterocycles. The van der Waals surface area contributed by atoms with Gasteiger partial charge in [0, 0.05) is 41.7 Å². The van der Waals surface area contributed by atoms with Gasteiger partial charge in [-0.1, -0.05) is 18.2 Å². The number of carbonyl (C=O) groups is 2. The van der Waals surface area contributed by atoms with Crippen molar-refractivity contribution in [2.24, 2.45) is 11.8 Å². The number of hydrogen-bond acceptors (Lipinski definition) is 3. The molecular weight excluding hydrogens is 314 g/mol. The van der Waals surface area contributed by atoms with Crippen molar-refractivity contribution in [2.75, 3.05) is 26.7 Å². The van der Waals surface area contributed by atoms with E-state index >= 15 is 0 Å². The van der Waals surface area contributed by atoms with Gasteiger partial charge in [-0.15, -0.1) is 0 Å². The fourth-order valence-electron chi connectivity index (χ4n) is 3.80. The molecule has 1 N–H and O–H groups in total. The Labute approximate surface area is 148 Å². The van der Waals surface area contributed by atoms with Crippen molar-refractivity contribution < 1.29 is 9.59 Å². The summed E-state index contributed by atoms with van der Waals surface area (Å²) in [6.45, 7) is 3.15. The Morgan fingerprint density at radius 3 is 2.72 bits per heavy atom. The van der Waals surface area contributed by atoms with E-state index in [1.165, 1.54) is 0 Å². The highest BCUT2D eigenvalue weighted by Crippen LogP contribution is 2.35. The number of ketones is 1. The molecule has 1 aromatic heterocycles. The number of aromatic nitrogens is 1. The molecule has 0 bridgehead atoms. The van der Waals surface area contributed by atoms with E-state index in [1.54, 1.807) is 0 Å². The summed E-state index contributed by atoms with van der Waals surface area (Å²) in [5.74, 6) is 0.972. The molecule has 1 atom stereocenters. The zero-order valence-corrected chi connectivity index (χ0v) is 14.7. The second kappa shape index (κ2) is 6.64. The number of likely N-dealkylation sites (tertiary alicyclic amines) is 1. The highest BCUT2D eigenvalue weighted by Gasteiger charge is 2.32. The molecular formula is C20H25N3O2. The number of fused-ring (bicyclic) bond motifs is 1. The largest absolute Gasteiger partial charge is 0.354 e. The third-order valence-corrected chi connectivity index (χ3v) is 5.39. The number of amides is 1. The van der Waals surface area contributed by atoms with Crippen LogP contribution >= 0.6 is 0 Å². The third-order valence-electron chi connectivity index (χ3n) is 5.39. The number of Topliss-reactive ketones (excluding diaryl/α,β-unsaturated/α-hetero) is 1. The summed E-state index contributed by atoms with van der Waals surface area (Å²) in [5, 5.41) is 4.02. The molecule has 2 aromatic rings. The summed E-state index contributed by atoms with van der Waals surface area (Å²) in [4.78, 5) is 27.2. The van der Waals surface area contributed by atoms with Crippen LogP contribution in [0.4, 0.5) is 0 Å². The molecule has 0 radical (unpaired) electrons. The van der Waals surface area contributed by atoms with Crippen molar-refractivity contribution in [1.82, 2.24) is 14.8 Å². The maximum atomic E-state index is 12.5. The number of para-hydroxylation sites is 1. The Balaban J connectivity index is 1.47. The van der Waals surface area contributed by atoms with Crippen LogP contribution in [0.3, 0.4) is 0 Å². The second-order valence-electron chi connectivity index (χ2n) is 7.55. The molecule has 2 fully saturated rings. The maximum Gasteiger partial charge on any atom is 0.239 e. The summed E-state index contributed by atoms with van der Waals surface area (Å²) in [7, 11) is 2.12. The van der Waals surface area contributed by atoms with Crippen molar-refractivity contribution in [1.29, 1.82) is 0 Å². The number of nitrogens with zero attached hydrogens (tertiary/aromatic N) is 2. The zero-order valence-electron chi connectivity index (χ0n) is 14.7. The van der Waals surface area contributed by atoms with Gasteiger partial charge in [0.25, 0.3) is 0 Å². The number of carbonyl (C=O) groups excluding carboxylic acids is 2. The minimum absolute atomic E-state index is 0.0146. The highest BCUT2D eigenvalue weighted by molar-refractivity contribution is 6.10. The summed E-state index contributed by atoms with van der Waals surface area (Å²) >= 11 is 0. The normalized spacial score (nSPS) is 20.9. The van der Waals surface area contributed by atoms with E-state index in [9.17, 15) is 9.59 Å². The summed E-state index contributed by atoms with van der Waals surface area (Å²) in [6, 6.07) is 7.87. The van der Waals surface area contributed by atoms with Crippen molar-refractivity contribution in [3.05, 3.63) is 36.0 Å². The fraction of sp³-hybridized carbons (Fsp3) is 0.500. The molecule has 1 aliphatic carbocycles. The van der Waals surface area contributed by atoms with Crippen LogP contribution in [0, 0.1) is 11.8 Å². The molecule has 5 heteroatoms. The third kappa shape index (κ3) is 3.47. The van der Waals surface area contributed by atoms with Gasteiger partial charge in [-0.05, 0) is 44.8 Å². The molecule has 5 nitrogen and oxygen atoms in total. The van der Waals surface area contributed by atoms with Gasteiger partial charge in [0.05, 0.1) is 0 Å². The zero-order chi connectivity index (χ0) is 17.4. The van der Waals surface area contributed by atoms with Crippen molar-refractivity contribution >= 4 is 22.6 Å². The minimum atomic E-state index is 0.0146. The Morgan fingerprint density at radius 1 is 1.20 bits per heavy atom. The van der Waals surface area contributed by atoms with Crippen LogP contribution < -0.4 is 5.32 Å². The van der Waals surface area contributed by atoms with Gasteiger partial charge in [-0.25, -0.2) is 0 Å². The van der Waals surface area contributed by atoms with Crippen LogP contribution in [-0.2, 0) is 11.3 Å². The first-order valence-electron chi connectivity index (χ1n) is 9.19. The first kappa shape index (κ1) is 16.3. The smallest absolute Gasteiger partial charge is 0.239 e. The standard InChI is InChI=1S/C20H25N3O2/c1-22-9-8-14(11-22)10-21-19(24)13-23-12-17(20(25)15-6-7-15)16-4-2-3-5-18(16)23/h2-5,12,14-15H,6-11,13H2,1H3,(H,21,24)/t14-/m0/s1. The van der Waals surface area contributed by atoms with E-state index in [2.05, 4.69) is 17.3 Å². The van der Waals surface area contributed by atoms with Gasteiger partial charge < -0.3 is 14.8 Å². The summed E-state index contributed by atoms with van der Waals surface area (Å²) in [5.41, 5.74) is 1.73. The molecule has 2 aliphatic rings. The van der Waals surface area contributed by atoms with Crippen LogP contribution in [0.5, 0.6) is 0 Å². The summed E-state index contributed by atoms with van der Waals surface area (Å²) in [6.07, 6.45) is 5.00. The quantitative estimate of drug-likeness (QED) is 0.822. The molecule has 4 rings (SSSR count). The molecule has 132 valence electrons. The molecule has 0 spiro atoms. The predicted octanol–water partition coefficient (Wildman–Crippen LogP) is 2.30. The number of hydrogen-bond donors (Lipinski definition) is 1. The number of rotatable bonds is 6. The molecule has 1 aliphatic heterocycles. The van der Waals surface area contributed by atoms with Crippen molar-refractivity contribution in [3.63, 3.8) is 0 Å². The first-order valence-corrected chi connectivity index (χ1v) is 9.19. The van der Waals surface area contributed by atoms with Gasteiger partial charge >= 0.3 is 0 Å². The Bertz CT molecular complexity index is 806. The van der Waals surface area contributed by atoms with Crippen molar-refractivity contribution in [2.45, 2.75) is 25.8 Å². The van der Waals surface area contributed by atoms with E-state index in [0.29, 0.717) is 5.92 Å². The molecule has 25 heavy (non-hydrogen) atoms. The maximum absolute atomic E-state index is 12.5. The van der Waals surface area contributed by atoms with Crippen LogP contribution in [0.1, 0.15) is 29.6 Å². The Morgan fingerprint density at radius 2 is 2.00 bits per heavy atom. The molecule has 1 amide bonds. The van der Waals surface area contributed by atoms with Crippen molar-refractivity contribution in [3.8, 4) is 0 Å². The van der Waals surface area contributed by atoms with Gasteiger partial charge in [-0.2, -0.15) is 0 Å². The van der Waals surface area contributed by atoms with Gasteiger partial charge in [0.1, 0.15) is 6.54 Å². The molecule has 1 aromatic carbocycles. The van der Waals surface area contributed by atoms with Gasteiger partial charge in [-0.3, -0.25) is 9.59 Å². The Hall–Kier alpha value is -2.14. The topological polar surface area (TPSA) is 54.3 Å². The van der Waals surface area contributed by atoms with Crippen LogP contribution in [0.25, 0.3) is 10.9 Å². The van der Waals surface area contributed by atoms with Crippen LogP contribution in [-0.4, -0.2) is 47.8 Å². The lowest BCUT2D eigenvalue weighted by atomic mass is 10.1. The lowest BCUT2D eigenvalue weighted by Gasteiger charge is -2.12. The molecule has 0 unspecified atom stereocenters. The van der Waals surface area contributed by atoms with Gasteiger partial charge in [0.15, 0.2) is 5.78 Å². The van der Waals surface area contributed by atoms with E-state index in [0.717, 1.165) is 55.4 Å². The van der Waals surface area contributed by atoms with E-state index in [4.69, 9.17) is 0 Å². The van der Waals surface area contributed by atoms with Crippen LogP contribution in [0.15, 0.2) is 30.5 Å². The average Bonchev–Trinajstić information content (AvgIpc) is 3.29. The van der Waals surface area contributed by atoms with Gasteiger partial charge in [0.2, 0.25) is 5.91 Å². The fourth-order valence-corrected chi connectivity index (χ4v) is 3.80. The van der Waals surface area contributed by atoms with Crippen LogP contribution in [0.2, 0.25) is 0 Å². The number of nitrogens with one attached hydrogen (secondary N) is 1.